The number of hydrogen-bond donors (Lipinski definition) is 0. The topological polar surface area (TPSA) is 65.1 Å². The molecule has 1 heterocycles. The third-order valence-electron chi connectivity index (χ3n) is 3.34. The summed E-state index contributed by atoms with van der Waals surface area (Å²) in [6.07, 6.45) is 4.02. The summed E-state index contributed by atoms with van der Waals surface area (Å²) in [6.45, 7) is 7.35. The van der Waals surface area contributed by atoms with Crippen molar-refractivity contribution in [2.75, 3.05) is 13.7 Å². The van der Waals surface area contributed by atoms with Crippen LogP contribution in [0.5, 0.6) is 0 Å². The third-order valence-corrected chi connectivity index (χ3v) is 3.34. The van der Waals surface area contributed by atoms with Gasteiger partial charge in [-0.3, -0.25) is 4.79 Å². The van der Waals surface area contributed by atoms with Gasteiger partial charge in [0.15, 0.2) is 11.9 Å². The molecule has 0 N–H and O–H groups in total. The van der Waals surface area contributed by atoms with Gasteiger partial charge in [-0.2, -0.15) is 0 Å². The summed E-state index contributed by atoms with van der Waals surface area (Å²) in [5.74, 6) is 1.10. The van der Waals surface area contributed by atoms with E-state index in [-0.39, 0.29) is 18.6 Å². The Balaban J connectivity index is 2.74. The van der Waals surface area contributed by atoms with Gasteiger partial charge in [-0.1, -0.05) is 13.8 Å². The first-order valence-electron chi connectivity index (χ1n) is 6.91. The van der Waals surface area contributed by atoms with E-state index >= 15 is 0 Å². The number of terminal acetylenes is 1. The standard InChI is InChI=1S/C15H23NO5/c1-7-8-9-20-14(18)16-11(10(2)3)12(13(16)17)21-15(4,5)19-6/h1,10-12H,8-9H2,2-6H3/t11-,12+/m0/s1. The zero-order chi connectivity index (χ0) is 16.2. The van der Waals surface area contributed by atoms with Crippen molar-refractivity contribution in [3.63, 3.8) is 0 Å². The highest BCUT2D eigenvalue weighted by atomic mass is 16.7. The lowest BCUT2D eigenvalue weighted by atomic mass is 9.88. The van der Waals surface area contributed by atoms with Crippen molar-refractivity contribution >= 4 is 12.0 Å². The van der Waals surface area contributed by atoms with Gasteiger partial charge < -0.3 is 14.2 Å². The molecule has 2 atom stereocenters. The fraction of sp³-hybridized carbons (Fsp3) is 0.733. The lowest BCUT2D eigenvalue weighted by molar-refractivity contribution is -0.253. The molecule has 6 heteroatoms. The number of carbonyl (C=O) groups is 2. The van der Waals surface area contributed by atoms with Crippen LogP contribution < -0.4 is 0 Å². The summed E-state index contributed by atoms with van der Waals surface area (Å²) in [4.78, 5) is 25.2. The second-order valence-corrected chi connectivity index (χ2v) is 5.65. The van der Waals surface area contributed by atoms with Crippen molar-refractivity contribution in [2.24, 2.45) is 5.92 Å². The maximum atomic E-state index is 12.1. The van der Waals surface area contributed by atoms with Gasteiger partial charge in [0.1, 0.15) is 6.61 Å². The maximum absolute atomic E-state index is 12.1. The molecule has 1 aliphatic heterocycles. The minimum atomic E-state index is -0.896. The zero-order valence-corrected chi connectivity index (χ0v) is 13.2. The van der Waals surface area contributed by atoms with Gasteiger partial charge in [0.2, 0.25) is 0 Å². The molecule has 0 aromatic heterocycles. The molecule has 1 fully saturated rings. The third kappa shape index (κ3) is 3.96. The summed E-state index contributed by atoms with van der Waals surface area (Å²) >= 11 is 0. The molecular formula is C15H23NO5. The van der Waals surface area contributed by atoms with E-state index in [0.717, 1.165) is 4.90 Å². The van der Waals surface area contributed by atoms with Crippen LogP contribution in [0.25, 0.3) is 0 Å². The van der Waals surface area contributed by atoms with Crippen LogP contribution in [0.1, 0.15) is 34.1 Å². The lowest BCUT2D eigenvalue weighted by Crippen LogP contribution is -2.70. The van der Waals surface area contributed by atoms with Gasteiger partial charge in [0, 0.05) is 13.5 Å². The molecular weight excluding hydrogens is 274 g/mol. The number of amides is 2. The summed E-state index contributed by atoms with van der Waals surface area (Å²) < 4.78 is 15.8. The van der Waals surface area contributed by atoms with Gasteiger partial charge >= 0.3 is 6.09 Å². The normalized spacial score (nSPS) is 22.0. The number of methoxy groups -OCH3 is 1. The van der Waals surface area contributed by atoms with Crippen molar-refractivity contribution in [1.82, 2.24) is 4.90 Å². The average molecular weight is 297 g/mol. The fourth-order valence-electron chi connectivity index (χ4n) is 2.08. The first-order valence-corrected chi connectivity index (χ1v) is 6.91. The second-order valence-electron chi connectivity index (χ2n) is 5.65. The van der Waals surface area contributed by atoms with Crippen molar-refractivity contribution in [3.05, 3.63) is 0 Å². The molecule has 118 valence electrons. The lowest BCUT2D eigenvalue weighted by Gasteiger charge is -2.48. The molecule has 0 saturated carbocycles. The van der Waals surface area contributed by atoms with Crippen LogP contribution in [-0.4, -0.2) is 48.5 Å². The summed E-state index contributed by atoms with van der Waals surface area (Å²) in [6, 6.07) is -0.370. The van der Waals surface area contributed by atoms with E-state index in [1.165, 1.54) is 7.11 Å². The SMILES string of the molecule is C#CCCOC(=O)N1C(=O)[C@H](OC(C)(C)OC)[C@@H]1C(C)C. The molecule has 0 aromatic carbocycles. The smallest absolute Gasteiger partial charge is 0.417 e. The second kappa shape index (κ2) is 6.92. The Morgan fingerprint density at radius 2 is 2.10 bits per heavy atom. The number of β-lactam (4-membered cyclic amide) rings is 1. The van der Waals surface area contributed by atoms with Crippen LogP contribution in [0.3, 0.4) is 0 Å². The van der Waals surface area contributed by atoms with Gasteiger partial charge in [0.25, 0.3) is 5.91 Å². The van der Waals surface area contributed by atoms with Crippen LogP contribution in [0.4, 0.5) is 4.79 Å². The highest BCUT2D eigenvalue weighted by Crippen LogP contribution is 2.32. The molecule has 0 bridgehead atoms. The maximum Gasteiger partial charge on any atom is 0.417 e. The first kappa shape index (κ1) is 17.5. The molecule has 2 amide bonds. The van der Waals surface area contributed by atoms with Gasteiger partial charge in [-0.15, -0.1) is 12.3 Å². The molecule has 0 aromatic rings. The van der Waals surface area contributed by atoms with E-state index in [0.29, 0.717) is 6.42 Å². The Morgan fingerprint density at radius 3 is 2.57 bits per heavy atom. The van der Waals surface area contributed by atoms with E-state index in [1.807, 2.05) is 13.8 Å². The Morgan fingerprint density at radius 1 is 1.48 bits per heavy atom. The first-order chi connectivity index (χ1) is 9.75. The largest absolute Gasteiger partial charge is 0.448 e. The number of carbonyl (C=O) groups excluding carboxylic acids is 2. The highest BCUT2D eigenvalue weighted by molar-refractivity contribution is 6.01. The van der Waals surface area contributed by atoms with Gasteiger partial charge in [-0.05, 0) is 19.8 Å². The number of likely N-dealkylation sites (tertiary alicyclic amines) is 1. The Hall–Kier alpha value is -1.58. The number of ether oxygens (including phenoxy) is 3. The molecule has 1 aliphatic rings. The van der Waals surface area contributed by atoms with Crippen molar-refractivity contribution < 1.29 is 23.8 Å². The van der Waals surface area contributed by atoms with Crippen molar-refractivity contribution in [2.45, 2.75) is 52.0 Å². The Bertz CT molecular complexity index is 438. The molecule has 1 saturated heterocycles. The average Bonchev–Trinajstić information content (AvgIpc) is 2.41. The number of imide groups is 1. The zero-order valence-electron chi connectivity index (χ0n) is 13.2. The van der Waals surface area contributed by atoms with E-state index in [9.17, 15) is 9.59 Å². The van der Waals surface area contributed by atoms with Crippen LogP contribution in [-0.2, 0) is 19.0 Å². The van der Waals surface area contributed by atoms with E-state index < -0.39 is 23.9 Å². The number of rotatable bonds is 6. The van der Waals surface area contributed by atoms with Crippen molar-refractivity contribution in [1.29, 1.82) is 0 Å². The molecule has 0 aliphatic carbocycles. The molecule has 1 rings (SSSR count). The molecule has 0 radical (unpaired) electrons. The van der Waals surface area contributed by atoms with Gasteiger partial charge in [-0.25, -0.2) is 9.69 Å². The Labute approximate surface area is 125 Å². The van der Waals surface area contributed by atoms with E-state index in [1.54, 1.807) is 13.8 Å². The monoisotopic (exact) mass is 297 g/mol. The van der Waals surface area contributed by atoms with Crippen molar-refractivity contribution in [3.8, 4) is 12.3 Å². The fourth-order valence-corrected chi connectivity index (χ4v) is 2.08. The highest BCUT2D eigenvalue weighted by Gasteiger charge is 2.55. The number of hydrogen-bond acceptors (Lipinski definition) is 5. The minimum Gasteiger partial charge on any atom is -0.448 e. The quantitative estimate of drug-likeness (QED) is 0.323. The predicted octanol–water partition coefficient (Wildman–Crippen LogP) is 1.78. The van der Waals surface area contributed by atoms with E-state index in [4.69, 9.17) is 20.6 Å². The van der Waals surface area contributed by atoms with Gasteiger partial charge in [0.05, 0.1) is 6.04 Å². The van der Waals surface area contributed by atoms with Crippen LogP contribution >= 0.6 is 0 Å². The minimum absolute atomic E-state index is 0.0422. The molecule has 21 heavy (non-hydrogen) atoms. The Kier molecular flexibility index (Phi) is 5.76. The summed E-state index contributed by atoms with van der Waals surface area (Å²) in [7, 11) is 1.50. The predicted molar refractivity (Wildman–Crippen MR) is 76.2 cm³/mol. The molecule has 0 spiro atoms. The summed E-state index contributed by atoms with van der Waals surface area (Å²) in [5, 5.41) is 0. The number of nitrogens with zero attached hydrogens (tertiary/aromatic N) is 1. The van der Waals surface area contributed by atoms with E-state index in [2.05, 4.69) is 5.92 Å². The molecule has 0 unspecified atom stereocenters. The summed E-state index contributed by atoms with van der Waals surface area (Å²) in [5.41, 5.74) is 0. The van der Waals surface area contributed by atoms with Crippen LogP contribution in [0.2, 0.25) is 0 Å². The van der Waals surface area contributed by atoms with Crippen LogP contribution in [0.15, 0.2) is 0 Å². The van der Waals surface area contributed by atoms with Crippen LogP contribution in [0, 0.1) is 18.3 Å². The molecule has 6 nitrogen and oxygen atoms in total.